The first kappa shape index (κ1) is 12.7. The first-order chi connectivity index (χ1) is 5.65. The molecule has 0 saturated heterocycles. The summed E-state index contributed by atoms with van der Waals surface area (Å²) >= 11 is 2.10. The smallest absolute Gasteiger partial charge is 0.266 e. The van der Waals surface area contributed by atoms with Gasteiger partial charge in [-0.2, -0.15) is 0 Å². The molecule has 13 heavy (non-hydrogen) atoms. The van der Waals surface area contributed by atoms with Crippen LogP contribution < -0.4 is 11.3 Å². The van der Waals surface area contributed by atoms with Gasteiger partial charge in [0.25, 0.3) is 5.91 Å². The molecule has 72 valence electrons. The Labute approximate surface area is 96.6 Å². The van der Waals surface area contributed by atoms with Crippen LogP contribution in [-0.4, -0.2) is 5.91 Å². The maximum Gasteiger partial charge on any atom is 0.266 e. The topological polar surface area (TPSA) is 55.1 Å². The monoisotopic (exact) mass is 312 g/mol. The zero-order chi connectivity index (χ0) is 9.14. The van der Waals surface area contributed by atoms with Crippen molar-refractivity contribution in [3.8, 4) is 0 Å². The van der Waals surface area contributed by atoms with Crippen LogP contribution in [0.5, 0.6) is 0 Å². The molecule has 0 aliphatic rings. The molecule has 1 aromatic rings. The van der Waals surface area contributed by atoms with Crippen LogP contribution >= 0.6 is 35.0 Å². The summed E-state index contributed by atoms with van der Waals surface area (Å²) in [5.74, 6) is 4.77. The van der Waals surface area contributed by atoms with Crippen LogP contribution in [0.4, 0.5) is 0 Å². The molecular weight excluding hydrogens is 302 g/mol. The van der Waals surface area contributed by atoms with E-state index in [2.05, 4.69) is 28.0 Å². The van der Waals surface area contributed by atoms with Crippen LogP contribution in [-0.2, 0) is 0 Å². The molecule has 0 spiro atoms. The Morgan fingerprint density at radius 3 is 2.69 bits per heavy atom. The van der Waals surface area contributed by atoms with Crippen LogP contribution in [0.3, 0.4) is 0 Å². The van der Waals surface area contributed by atoms with E-state index in [4.69, 9.17) is 5.84 Å². The third-order valence-electron chi connectivity index (χ3n) is 1.50. The largest absolute Gasteiger partial charge is 0.290 e. The van der Waals surface area contributed by atoms with E-state index in [9.17, 15) is 4.79 Å². The molecule has 0 atom stereocenters. The summed E-state index contributed by atoms with van der Waals surface area (Å²) in [6, 6.07) is 5.65. The Hall–Kier alpha value is -0.330. The van der Waals surface area contributed by atoms with Crippen molar-refractivity contribution in [1.82, 2.24) is 5.43 Å². The van der Waals surface area contributed by atoms with Crippen molar-refractivity contribution in [2.75, 3.05) is 0 Å². The lowest BCUT2D eigenvalue weighted by Crippen LogP contribution is -2.30. The predicted octanol–water partition coefficient (Wildman–Crippen LogP) is 1.62. The Balaban J connectivity index is 0.00000144. The quantitative estimate of drug-likeness (QED) is 0.358. The Morgan fingerprint density at radius 1 is 1.54 bits per heavy atom. The third-order valence-corrected chi connectivity index (χ3v) is 2.44. The maximum absolute atomic E-state index is 11.1. The molecule has 1 aromatic carbocycles. The molecule has 0 aromatic heterocycles. The van der Waals surface area contributed by atoms with Gasteiger partial charge in [0.2, 0.25) is 0 Å². The number of amides is 1. The second kappa shape index (κ2) is 5.41. The molecule has 0 unspecified atom stereocenters. The number of nitrogen functional groups attached to an aromatic ring is 1. The van der Waals surface area contributed by atoms with E-state index in [1.807, 2.05) is 25.1 Å². The highest BCUT2D eigenvalue weighted by Gasteiger charge is 2.07. The van der Waals surface area contributed by atoms with E-state index in [0.717, 1.165) is 9.13 Å². The first-order valence-corrected chi connectivity index (χ1v) is 4.50. The van der Waals surface area contributed by atoms with Gasteiger partial charge in [-0.25, -0.2) is 5.84 Å². The molecule has 0 aliphatic carbocycles. The number of hydrogen-bond donors (Lipinski definition) is 2. The number of hydrogen-bond acceptors (Lipinski definition) is 2. The summed E-state index contributed by atoms with van der Waals surface area (Å²) in [5.41, 5.74) is 3.78. The number of carbonyl (C=O) groups excluding carboxylic acids is 1. The first-order valence-electron chi connectivity index (χ1n) is 3.42. The van der Waals surface area contributed by atoms with Gasteiger partial charge < -0.3 is 0 Å². The Kier molecular flexibility index (Phi) is 5.27. The maximum atomic E-state index is 11.1. The molecule has 1 amide bonds. The highest BCUT2D eigenvalue weighted by molar-refractivity contribution is 14.1. The highest BCUT2D eigenvalue weighted by Crippen LogP contribution is 2.13. The number of halogens is 2. The van der Waals surface area contributed by atoms with Gasteiger partial charge in [0, 0.05) is 3.57 Å². The zero-order valence-electron chi connectivity index (χ0n) is 7.00. The molecule has 3 N–H and O–H groups in total. The third kappa shape index (κ3) is 3.13. The van der Waals surface area contributed by atoms with E-state index >= 15 is 0 Å². The van der Waals surface area contributed by atoms with Gasteiger partial charge in [-0.15, -0.1) is 12.4 Å². The van der Waals surface area contributed by atoms with Gasteiger partial charge in [-0.05, 0) is 41.6 Å². The number of hydrazine groups is 1. The number of carbonyl (C=O) groups is 1. The van der Waals surface area contributed by atoms with Crippen molar-refractivity contribution in [2.24, 2.45) is 5.84 Å². The number of rotatable bonds is 1. The average molecular weight is 313 g/mol. The van der Waals surface area contributed by atoms with E-state index < -0.39 is 0 Å². The van der Waals surface area contributed by atoms with Crippen LogP contribution in [0.25, 0.3) is 0 Å². The molecular formula is C8H10ClIN2O. The second-order valence-electron chi connectivity index (χ2n) is 2.46. The minimum absolute atomic E-state index is 0. The molecule has 3 nitrogen and oxygen atoms in total. The zero-order valence-corrected chi connectivity index (χ0v) is 9.98. The summed E-state index contributed by atoms with van der Waals surface area (Å²) in [4.78, 5) is 11.1. The summed E-state index contributed by atoms with van der Waals surface area (Å²) < 4.78 is 0.904. The second-order valence-corrected chi connectivity index (χ2v) is 3.62. The van der Waals surface area contributed by atoms with E-state index in [1.165, 1.54) is 0 Å². The summed E-state index contributed by atoms with van der Waals surface area (Å²) in [6.45, 7) is 1.93. The molecule has 0 saturated carbocycles. The van der Waals surface area contributed by atoms with Crippen LogP contribution in [0.2, 0.25) is 0 Å². The summed E-state index contributed by atoms with van der Waals surface area (Å²) in [6.07, 6.45) is 0. The minimum Gasteiger partial charge on any atom is -0.290 e. The van der Waals surface area contributed by atoms with Gasteiger partial charge in [-0.1, -0.05) is 11.6 Å². The molecule has 0 fully saturated rings. The van der Waals surface area contributed by atoms with Crippen LogP contribution in [0.1, 0.15) is 15.9 Å². The van der Waals surface area contributed by atoms with Crippen molar-refractivity contribution in [3.63, 3.8) is 0 Å². The number of nitrogens with one attached hydrogen (secondary N) is 1. The number of nitrogens with two attached hydrogens (primary N) is 1. The highest BCUT2D eigenvalue weighted by atomic mass is 127. The fraction of sp³-hybridized carbons (Fsp3) is 0.125. The van der Waals surface area contributed by atoms with Gasteiger partial charge in [0.15, 0.2) is 0 Å². The van der Waals surface area contributed by atoms with E-state index in [-0.39, 0.29) is 18.3 Å². The minimum atomic E-state index is -0.247. The predicted molar refractivity (Wildman–Crippen MR) is 62.8 cm³/mol. The number of benzene rings is 1. The van der Waals surface area contributed by atoms with Crippen molar-refractivity contribution in [3.05, 3.63) is 32.9 Å². The summed E-state index contributed by atoms with van der Waals surface area (Å²) in [5, 5.41) is 0. The normalized spacial score (nSPS) is 8.85. The SMILES string of the molecule is Cc1ccc(I)c(C(=O)NN)c1.Cl. The average Bonchev–Trinajstić information content (AvgIpc) is 2.08. The molecule has 5 heteroatoms. The van der Waals surface area contributed by atoms with Crippen LogP contribution in [0.15, 0.2) is 18.2 Å². The lowest BCUT2D eigenvalue weighted by Gasteiger charge is -2.03. The molecule has 0 aliphatic heterocycles. The Bertz CT molecular complexity index is 317. The molecule has 1 rings (SSSR count). The van der Waals surface area contributed by atoms with Gasteiger partial charge in [0.05, 0.1) is 5.56 Å². The summed E-state index contributed by atoms with van der Waals surface area (Å²) in [7, 11) is 0. The van der Waals surface area contributed by atoms with Crippen molar-refractivity contribution >= 4 is 40.9 Å². The number of aryl methyl sites for hydroxylation is 1. The molecule has 0 bridgehead atoms. The molecule has 0 heterocycles. The standard InChI is InChI=1S/C8H9IN2O.ClH/c1-5-2-3-7(9)6(4-5)8(12)11-10;/h2-4H,10H2,1H3,(H,11,12);1H. The van der Waals surface area contributed by atoms with Gasteiger partial charge in [-0.3, -0.25) is 10.2 Å². The lowest BCUT2D eigenvalue weighted by molar-refractivity contribution is 0.0952. The van der Waals surface area contributed by atoms with Gasteiger partial charge >= 0.3 is 0 Å². The van der Waals surface area contributed by atoms with E-state index in [1.54, 1.807) is 0 Å². The van der Waals surface area contributed by atoms with Crippen molar-refractivity contribution in [1.29, 1.82) is 0 Å². The fourth-order valence-corrected chi connectivity index (χ4v) is 1.47. The van der Waals surface area contributed by atoms with E-state index in [0.29, 0.717) is 5.56 Å². The lowest BCUT2D eigenvalue weighted by atomic mass is 10.1. The Morgan fingerprint density at radius 2 is 2.15 bits per heavy atom. The van der Waals surface area contributed by atoms with Crippen LogP contribution in [0, 0.1) is 10.5 Å². The van der Waals surface area contributed by atoms with Gasteiger partial charge in [0.1, 0.15) is 0 Å². The molecule has 0 radical (unpaired) electrons. The van der Waals surface area contributed by atoms with Crippen molar-refractivity contribution < 1.29 is 4.79 Å². The van der Waals surface area contributed by atoms with Crippen molar-refractivity contribution in [2.45, 2.75) is 6.92 Å². The fourth-order valence-electron chi connectivity index (χ4n) is 0.891.